The fourth-order valence-corrected chi connectivity index (χ4v) is 4.05. The number of rotatable bonds is 4. The van der Waals surface area contributed by atoms with Gasteiger partial charge in [0, 0.05) is 23.6 Å². The molecule has 2 aromatic rings. The number of anilines is 1. The summed E-state index contributed by atoms with van der Waals surface area (Å²) in [7, 11) is 0. The summed E-state index contributed by atoms with van der Waals surface area (Å²) in [4.78, 5) is 4.69. The molecule has 5 nitrogen and oxygen atoms in total. The molecule has 3 N–H and O–H groups in total. The van der Waals surface area contributed by atoms with Crippen LogP contribution in [0.4, 0.5) is 5.69 Å². The fourth-order valence-electron chi connectivity index (χ4n) is 4.05. The van der Waals surface area contributed by atoms with Crippen molar-refractivity contribution in [1.29, 1.82) is 0 Å². The lowest BCUT2D eigenvalue weighted by Gasteiger charge is -2.28. The highest BCUT2D eigenvalue weighted by Crippen LogP contribution is 2.41. The predicted molar refractivity (Wildman–Crippen MR) is 124 cm³/mol. The lowest BCUT2D eigenvalue weighted by atomic mass is 9.79. The highest BCUT2D eigenvalue weighted by Gasteiger charge is 2.35. The van der Waals surface area contributed by atoms with E-state index in [-0.39, 0.29) is 29.4 Å². The molecule has 150 valence electrons. The van der Waals surface area contributed by atoms with E-state index in [1.54, 1.807) is 0 Å². The number of benzene rings is 2. The van der Waals surface area contributed by atoms with Crippen molar-refractivity contribution < 1.29 is 9.47 Å². The zero-order chi connectivity index (χ0) is 18.5. The van der Waals surface area contributed by atoms with Gasteiger partial charge in [-0.2, -0.15) is 0 Å². The van der Waals surface area contributed by atoms with Crippen molar-refractivity contribution in [2.24, 2.45) is 10.7 Å². The molecule has 2 aromatic carbocycles. The molecule has 0 unspecified atom stereocenters. The molecule has 0 amide bonds. The van der Waals surface area contributed by atoms with Crippen LogP contribution in [-0.4, -0.2) is 25.7 Å². The van der Waals surface area contributed by atoms with Crippen molar-refractivity contribution in [3.05, 3.63) is 54.1 Å². The van der Waals surface area contributed by atoms with Gasteiger partial charge in [-0.3, -0.25) is 4.99 Å². The molecule has 1 aliphatic heterocycles. The Balaban J connectivity index is 0.00000225. The van der Waals surface area contributed by atoms with Gasteiger partial charge in [0.05, 0.1) is 19.8 Å². The van der Waals surface area contributed by atoms with Crippen LogP contribution in [0.1, 0.15) is 37.7 Å². The fraction of sp³-hybridized carbons (Fsp3) is 0.409. The summed E-state index contributed by atoms with van der Waals surface area (Å²) in [6, 6.07) is 16.5. The van der Waals surface area contributed by atoms with Gasteiger partial charge in [0.1, 0.15) is 0 Å². The van der Waals surface area contributed by atoms with E-state index in [2.05, 4.69) is 35.6 Å². The van der Waals surface area contributed by atoms with E-state index >= 15 is 0 Å². The standard InChI is InChI=1S/C22H27N3O2.HI/c23-21(25-18-9-10-19-20(15-18)27-14-6-13-26-19)24-16-22(11-4-5-12-22)17-7-2-1-3-8-17;/h1-3,7-10,15H,4-6,11-14,16H2,(H3,23,24,25);1H. The number of guanidine groups is 1. The largest absolute Gasteiger partial charge is 0.490 e. The van der Waals surface area contributed by atoms with Crippen molar-refractivity contribution >= 4 is 35.6 Å². The summed E-state index contributed by atoms with van der Waals surface area (Å²) in [6.45, 7) is 2.06. The quantitative estimate of drug-likeness (QED) is 0.368. The average molecular weight is 493 g/mol. The highest BCUT2D eigenvalue weighted by molar-refractivity contribution is 14.0. The minimum absolute atomic E-state index is 0. The Kier molecular flexibility index (Phi) is 7.04. The summed E-state index contributed by atoms with van der Waals surface area (Å²) < 4.78 is 11.4. The molecule has 1 heterocycles. The number of hydrogen-bond donors (Lipinski definition) is 2. The zero-order valence-electron chi connectivity index (χ0n) is 16.0. The van der Waals surface area contributed by atoms with Gasteiger partial charge < -0.3 is 20.5 Å². The molecule has 0 atom stereocenters. The van der Waals surface area contributed by atoms with E-state index in [9.17, 15) is 0 Å². The summed E-state index contributed by atoms with van der Waals surface area (Å²) >= 11 is 0. The Bertz CT molecular complexity index is 805. The molecule has 6 heteroatoms. The number of nitrogens with two attached hydrogens (primary N) is 1. The number of ether oxygens (including phenoxy) is 2. The minimum atomic E-state index is 0. The first-order valence-corrected chi connectivity index (χ1v) is 9.77. The first-order valence-electron chi connectivity index (χ1n) is 9.77. The molecule has 28 heavy (non-hydrogen) atoms. The maximum atomic E-state index is 6.19. The second kappa shape index (κ2) is 9.49. The molecule has 0 aromatic heterocycles. The lowest BCUT2D eigenvalue weighted by molar-refractivity contribution is 0.297. The third kappa shape index (κ3) is 4.71. The van der Waals surface area contributed by atoms with Gasteiger partial charge in [-0.25, -0.2) is 0 Å². The van der Waals surface area contributed by atoms with Crippen molar-refractivity contribution in [2.75, 3.05) is 25.1 Å². The third-order valence-corrected chi connectivity index (χ3v) is 5.52. The van der Waals surface area contributed by atoms with Crippen molar-refractivity contribution in [3.8, 4) is 11.5 Å². The Morgan fingerprint density at radius 1 is 0.964 bits per heavy atom. The van der Waals surface area contributed by atoms with E-state index in [0.29, 0.717) is 25.7 Å². The number of fused-ring (bicyclic) bond motifs is 1. The Hall–Kier alpha value is -1.96. The van der Waals surface area contributed by atoms with Crippen molar-refractivity contribution in [3.63, 3.8) is 0 Å². The maximum Gasteiger partial charge on any atom is 0.193 e. The van der Waals surface area contributed by atoms with E-state index in [1.807, 2.05) is 18.2 Å². The van der Waals surface area contributed by atoms with Crippen LogP contribution in [0.3, 0.4) is 0 Å². The summed E-state index contributed by atoms with van der Waals surface area (Å²) in [5, 5.41) is 3.20. The Morgan fingerprint density at radius 2 is 1.68 bits per heavy atom. The first kappa shape index (κ1) is 20.8. The van der Waals surface area contributed by atoms with Gasteiger partial charge in [0.25, 0.3) is 0 Å². The molecule has 4 rings (SSSR count). The highest BCUT2D eigenvalue weighted by atomic mass is 127. The number of aliphatic imine (C=N–C) groups is 1. The van der Waals surface area contributed by atoms with Crippen LogP contribution in [0.2, 0.25) is 0 Å². The predicted octanol–water partition coefficient (Wildman–Crippen LogP) is 4.70. The van der Waals surface area contributed by atoms with E-state index in [0.717, 1.165) is 36.4 Å². The van der Waals surface area contributed by atoms with Crippen LogP contribution in [0, 0.1) is 0 Å². The van der Waals surface area contributed by atoms with Crippen LogP contribution in [0.5, 0.6) is 11.5 Å². The number of halogens is 1. The second-order valence-corrected chi connectivity index (χ2v) is 7.39. The number of nitrogens with zero attached hydrogens (tertiary/aromatic N) is 1. The second-order valence-electron chi connectivity index (χ2n) is 7.39. The Labute approximate surface area is 183 Å². The van der Waals surface area contributed by atoms with Gasteiger partial charge >= 0.3 is 0 Å². The van der Waals surface area contributed by atoms with Gasteiger partial charge in [-0.1, -0.05) is 43.2 Å². The van der Waals surface area contributed by atoms with E-state index in [1.165, 1.54) is 18.4 Å². The molecule has 0 spiro atoms. The van der Waals surface area contributed by atoms with Crippen molar-refractivity contribution in [2.45, 2.75) is 37.5 Å². The molecule has 0 saturated heterocycles. The number of nitrogens with one attached hydrogen (secondary N) is 1. The van der Waals surface area contributed by atoms with E-state index < -0.39 is 0 Å². The molecule has 0 radical (unpaired) electrons. The smallest absolute Gasteiger partial charge is 0.193 e. The molecule has 2 aliphatic rings. The number of hydrogen-bond acceptors (Lipinski definition) is 3. The topological polar surface area (TPSA) is 68.9 Å². The molecule has 1 fully saturated rings. The van der Waals surface area contributed by atoms with Crippen LogP contribution in [-0.2, 0) is 5.41 Å². The molecular formula is C22H28IN3O2. The van der Waals surface area contributed by atoms with Crippen LogP contribution in [0.25, 0.3) is 0 Å². The molecule has 1 aliphatic carbocycles. The lowest BCUT2D eigenvalue weighted by Crippen LogP contribution is -2.30. The molecule has 0 bridgehead atoms. The van der Waals surface area contributed by atoms with Gasteiger partial charge in [0.15, 0.2) is 17.5 Å². The third-order valence-electron chi connectivity index (χ3n) is 5.52. The Morgan fingerprint density at radius 3 is 2.43 bits per heavy atom. The van der Waals surface area contributed by atoms with Gasteiger partial charge in [-0.05, 0) is 30.5 Å². The normalized spacial score (nSPS) is 18.1. The zero-order valence-corrected chi connectivity index (χ0v) is 18.4. The summed E-state index contributed by atoms with van der Waals surface area (Å²) in [5.41, 5.74) is 8.54. The minimum Gasteiger partial charge on any atom is -0.490 e. The molecular weight excluding hydrogens is 465 g/mol. The summed E-state index contributed by atoms with van der Waals surface area (Å²) in [6.07, 6.45) is 5.72. The summed E-state index contributed by atoms with van der Waals surface area (Å²) in [5.74, 6) is 1.97. The monoisotopic (exact) mass is 493 g/mol. The van der Waals surface area contributed by atoms with Gasteiger partial charge in [0.2, 0.25) is 0 Å². The maximum absolute atomic E-state index is 6.19. The SMILES string of the molecule is I.NC(=NCC1(c2ccccc2)CCCC1)Nc1ccc2c(c1)OCCCO2. The van der Waals surface area contributed by atoms with Crippen molar-refractivity contribution in [1.82, 2.24) is 0 Å². The van der Waals surface area contributed by atoms with E-state index in [4.69, 9.17) is 20.2 Å². The average Bonchev–Trinajstić information content (AvgIpc) is 3.07. The van der Waals surface area contributed by atoms with Gasteiger partial charge in [-0.15, -0.1) is 24.0 Å². The van der Waals surface area contributed by atoms with Crippen LogP contribution < -0.4 is 20.5 Å². The van der Waals surface area contributed by atoms with Crippen LogP contribution >= 0.6 is 24.0 Å². The van der Waals surface area contributed by atoms with Crippen LogP contribution in [0.15, 0.2) is 53.5 Å². The molecule has 1 saturated carbocycles. The first-order chi connectivity index (χ1) is 13.3.